The fourth-order valence-corrected chi connectivity index (χ4v) is 1.84. The molecule has 0 saturated heterocycles. The van der Waals surface area contributed by atoms with Crippen LogP contribution in [0, 0.1) is 0 Å². The number of para-hydroxylation sites is 1. The quantitative estimate of drug-likeness (QED) is 0.807. The van der Waals surface area contributed by atoms with Crippen molar-refractivity contribution in [2.24, 2.45) is 0 Å². The number of hydrogen-bond acceptors (Lipinski definition) is 3. The van der Waals surface area contributed by atoms with Crippen LogP contribution in [0.3, 0.4) is 0 Å². The third-order valence-electron chi connectivity index (χ3n) is 2.88. The number of carbonyl (C=O) groups is 1. The van der Waals surface area contributed by atoms with E-state index < -0.39 is 0 Å². The van der Waals surface area contributed by atoms with Crippen LogP contribution in [0.25, 0.3) is 0 Å². The van der Waals surface area contributed by atoms with Crippen molar-refractivity contribution in [3.63, 3.8) is 0 Å². The molecule has 0 bridgehead atoms. The number of anilines is 2. The van der Waals surface area contributed by atoms with E-state index in [0.29, 0.717) is 11.1 Å². The van der Waals surface area contributed by atoms with E-state index in [4.69, 9.17) is 0 Å². The second kappa shape index (κ2) is 5.36. The van der Waals surface area contributed by atoms with Crippen LogP contribution in [0.5, 0.6) is 0 Å². The van der Waals surface area contributed by atoms with Crippen LogP contribution in [0.4, 0.5) is 11.4 Å². The van der Waals surface area contributed by atoms with Gasteiger partial charge in [0.25, 0.3) is 0 Å². The third kappa shape index (κ3) is 2.35. The Balaban J connectivity index is 2.35. The van der Waals surface area contributed by atoms with Gasteiger partial charge in [0.05, 0.1) is 0 Å². The Labute approximate surface area is 107 Å². The number of carbonyl (C=O) groups excluding carboxylic acids is 1. The molecule has 2 N–H and O–H groups in total. The van der Waals surface area contributed by atoms with E-state index in [1.807, 2.05) is 62.6 Å². The Morgan fingerprint density at radius 3 is 2.17 bits per heavy atom. The van der Waals surface area contributed by atoms with Crippen LogP contribution < -0.4 is 10.6 Å². The second-order valence-electron chi connectivity index (χ2n) is 3.95. The molecule has 0 heterocycles. The van der Waals surface area contributed by atoms with Crippen molar-refractivity contribution in [3.05, 3.63) is 59.7 Å². The highest BCUT2D eigenvalue weighted by Crippen LogP contribution is 2.19. The Bertz CT molecular complexity index is 547. The maximum absolute atomic E-state index is 12.4. The van der Waals surface area contributed by atoms with Crippen molar-refractivity contribution in [1.82, 2.24) is 0 Å². The summed E-state index contributed by atoms with van der Waals surface area (Å²) in [5, 5.41) is 6.07. The molecular formula is C15H16N2O. The van der Waals surface area contributed by atoms with Gasteiger partial charge in [-0.2, -0.15) is 0 Å². The lowest BCUT2D eigenvalue weighted by Crippen LogP contribution is -2.05. The first kappa shape index (κ1) is 12.2. The maximum atomic E-state index is 12.4. The van der Waals surface area contributed by atoms with E-state index in [1.54, 1.807) is 0 Å². The normalized spacial score (nSPS) is 9.89. The Morgan fingerprint density at radius 1 is 0.889 bits per heavy atom. The van der Waals surface area contributed by atoms with Crippen molar-refractivity contribution >= 4 is 17.2 Å². The molecule has 0 atom stereocenters. The molecule has 0 saturated carbocycles. The molecule has 0 aliphatic heterocycles. The van der Waals surface area contributed by atoms with Gasteiger partial charge >= 0.3 is 0 Å². The zero-order valence-electron chi connectivity index (χ0n) is 10.5. The van der Waals surface area contributed by atoms with Crippen LogP contribution in [-0.2, 0) is 0 Å². The van der Waals surface area contributed by atoms with Crippen LogP contribution in [-0.4, -0.2) is 19.9 Å². The molecule has 0 spiro atoms. The first-order valence-corrected chi connectivity index (χ1v) is 5.85. The molecular weight excluding hydrogens is 224 g/mol. The first-order valence-electron chi connectivity index (χ1n) is 5.85. The summed E-state index contributed by atoms with van der Waals surface area (Å²) in [5.74, 6) is 0.0302. The fraction of sp³-hybridized carbons (Fsp3) is 0.133. The zero-order valence-corrected chi connectivity index (χ0v) is 10.5. The van der Waals surface area contributed by atoms with Crippen molar-refractivity contribution < 1.29 is 4.79 Å². The molecule has 18 heavy (non-hydrogen) atoms. The van der Waals surface area contributed by atoms with Gasteiger partial charge in [0.15, 0.2) is 5.78 Å². The van der Waals surface area contributed by atoms with Crippen LogP contribution in [0.1, 0.15) is 15.9 Å². The minimum absolute atomic E-state index is 0.0302. The largest absolute Gasteiger partial charge is 0.388 e. The van der Waals surface area contributed by atoms with Crippen LogP contribution in [0.15, 0.2) is 48.5 Å². The summed E-state index contributed by atoms with van der Waals surface area (Å²) in [6, 6.07) is 15.0. The Morgan fingerprint density at radius 2 is 1.56 bits per heavy atom. The lowest BCUT2D eigenvalue weighted by atomic mass is 10.0. The number of hydrogen-bond donors (Lipinski definition) is 2. The molecule has 2 rings (SSSR count). The van der Waals surface area contributed by atoms with Gasteiger partial charge in [-0.25, -0.2) is 0 Å². The number of benzene rings is 2. The predicted octanol–water partition coefficient (Wildman–Crippen LogP) is 3.00. The third-order valence-corrected chi connectivity index (χ3v) is 2.88. The average molecular weight is 240 g/mol. The molecule has 3 heteroatoms. The molecule has 2 aromatic carbocycles. The summed E-state index contributed by atoms with van der Waals surface area (Å²) in [6.07, 6.45) is 0. The van der Waals surface area contributed by atoms with Crippen molar-refractivity contribution in [3.8, 4) is 0 Å². The summed E-state index contributed by atoms with van der Waals surface area (Å²) < 4.78 is 0. The van der Waals surface area contributed by atoms with E-state index in [2.05, 4.69) is 10.6 Å². The molecule has 0 amide bonds. The lowest BCUT2D eigenvalue weighted by molar-refractivity contribution is 0.103. The second-order valence-corrected chi connectivity index (χ2v) is 3.95. The van der Waals surface area contributed by atoms with Crippen molar-refractivity contribution in [1.29, 1.82) is 0 Å². The average Bonchev–Trinajstić information content (AvgIpc) is 2.46. The zero-order chi connectivity index (χ0) is 13.0. The summed E-state index contributed by atoms with van der Waals surface area (Å²) in [4.78, 5) is 12.4. The lowest BCUT2D eigenvalue weighted by Gasteiger charge is -2.08. The highest BCUT2D eigenvalue weighted by Gasteiger charge is 2.12. The van der Waals surface area contributed by atoms with E-state index >= 15 is 0 Å². The predicted molar refractivity (Wildman–Crippen MR) is 75.4 cm³/mol. The topological polar surface area (TPSA) is 41.1 Å². The molecule has 0 aliphatic carbocycles. The Kier molecular flexibility index (Phi) is 3.63. The van der Waals surface area contributed by atoms with Crippen LogP contribution in [0.2, 0.25) is 0 Å². The van der Waals surface area contributed by atoms with Gasteiger partial charge in [-0.05, 0) is 36.4 Å². The van der Waals surface area contributed by atoms with Gasteiger partial charge in [0, 0.05) is 36.6 Å². The van der Waals surface area contributed by atoms with Gasteiger partial charge in [0.2, 0.25) is 0 Å². The summed E-state index contributed by atoms with van der Waals surface area (Å²) in [7, 11) is 3.67. The molecule has 0 aliphatic rings. The summed E-state index contributed by atoms with van der Waals surface area (Å²) >= 11 is 0. The maximum Gasteiger partial charge on any atom is 0.195 e. The van der Waals surface area contributed by atoms with Gasteiger partial charge in [-0.15, -0.1) is 0 Å². The van der Waals surface area contributed by atoms with Gasteiger partial charge < -0.3 is 10.6 Å². The highest BCUT2D eigenvalue weighted by molar-refractivity contribution is 6.12. The molecule has 92 valence electrons. The van der Waals surface area contributed by atoms with E-state index in [9.17, 15) is 4.79 Å². The monoisotopic (exact) mass is 240 g/mol. The standard InChI is InChI=1S/C15H16N2O/c1-16-12-9-7-11(8-10-12)15(18)13-5-3-4-6-14(13)17-2/h3-10,16-17H,1-2H3. The van der Waals surface area contributed by atoms with Gasteiger partial charge in [-0.3, -0.25) is 4.79 Å². The highest BCUT2D eigenvalue weighted by atomic mass is 16.1. The number of nitrogens with one attached hydrogen (secondary N) is 2. The Hall–Kier alpha value is -2.29. The minimum Gasteiger partial charge on any atom is -0.388 e. The number of rotatable bonds is 4. The molecule has 3 nitrogen and oxygen atoms in total. The smallest absolute Gasteiger partial charge is 0.195 e. The first-order chi connectivity index (χ1) is 8.76. The van der Waals surface area contributed by atoms with Crippen molar-refractivity contribution in [2.45, 2.75) is 0 Å². The van der Waals surface area contributed by atoms with Gasteiger partial charge in [-0.1, -0.05) is 12.1 Å². The molecule has 0 fully saturated rings. The van der Waals surface area contributed by atoms with E-state index in [0.717, 1.165) is 11.4 Å². The molecule has 0 aromatic heterocycles. The van der Waals surface area contributed by atoms with Crippen LogP contribution >= 0.6 is 0 Å². The fourth-order valence-electron chi connectivity index (χ4n) is 1.84. The molecule has 2 aromatic rings. The van der Waals surface area contributed by atoms with Gasteiger partial charge in [0.1, 0.15) is 0 Å². The molecule has 0 unspecified atom stereocenters. The SMILES string of the molecule is CNc1ccc(C(=O)c2ccccc2NC)cc1. The number of ketones is 1. The minimum atomic E-state index is 0.0302. The van der Waals surface area contributed by atoms with E-state index in [-0.39, 0.29) is 5.78 Å². The van der Waals surface area contributed by atoms with Crippen molar-refractivity contribution in [2.75, 3.05) is 24.7 Å². The molecule has 0 radical (unpaired) electrons. The van der Waals surface area contributed by atoms with E-state index in [1.165, 1.54) is 0 Å². The summed E-state index contributed by atoms with van der Waals surface area (Å²) in [5.41, 5.74) is 3.22. The summed E-state index contributed by atoms with van der Waals surface area (Å²) in [6.45, 7) is 0.